The Morgan fingerprint density at radius 1 is 0.608 bits per heavy atom. The average molecular weight is 1120 g/mol. The first-order chi connectivity index (χ1) is 36.7. The summed E-state index contributed by atoms with van der Waals surface area (Å²) >= 11 is 0. The van der Waals surface area contributed by atoms with Crippen molar-refractivity contribution in [3.63, 3.8) is 0 Å². The number of carboxylic acid groups (broad SMARTS) is 2. The largest absolute Gasteiger partial charge is 0.481 e. The van der Waals surface area contributed by atoms with E-state index < -0.39 is 156 Å². The molecule has 3 saturated heterocycles. The first kappa shape index (κ1) is 66.4. The molecule has 0 unspecified atom stereocenters. The number of nitrogens with one attached hydrogen (secondary N) is 7. The van der Waals surface area contributed by atoms with Gasteiger partial charge < -0.3 is 72.8 Å². The summed E-state index contributed by atoms with van der Waals surface area (Å²) in [6.07, 6.45) is 3.09. The minimum absolute atomic E-state index is 0.234. The van der Waals surface area contributed by atoms with Gasteiger partial charge in [0.2, 0.25) is 65.0 Å². The summed E-state index contributed by atoms with van der Waals surface area (Å²) in [5, 5.41) is 36.5. The predicted octanol–water partition coefficient (Wildman–Crippen LogP) is -2.08. The monoisotopic (exact) mass is 1120 g/mol. The Bertz CT molecular complexity index is 2300. The van der Waals surface area contributed by atoms with Crippen molar-refractivity contribution in [2.45, 2.75) is 200 Å². The molecule has 79 heavy (non-hydrogen) atoms. The van der Waals surface area contributed by atoms with E-state index >= 15 is 0 Å². The van der Waals surface area contributed by atoms with E-state index in [1.165, 1.54) is 58.4 Å². The lowest BCUT2D eigenvalue weighted by Gasteiger charge is -2.35. The van der Waals surface area contributed by atoms with Crippen LogP contribution in [0.2, 0.25) is 0 Å². The van der Waals surface area contributed by atoms with Gasteiger partial charge in [0.25, 0.3) is 0 Å². The average Bonchev–Trinajstić information content (AvgIpc) is 4.17. The maximum atomic E-state index is 13.9. The van der Waals surface area contributed by atoms with Crippen molar-refractivity contribution in [3.8, 4) is 0 Å². The molecule has 11 amide bonds. The molecular weight excluding hydrogens is 1030 g/mol. The molecule has 0 aromatic carbocycles. The van der Waals surface area contributed by atoms with Gasteiger partial charge in [0.15, 0.2) is 0 Å². The van der Waals surface area contributed by atoms with Crippen molar-refractivity contribution < 1.29 is 72.5 Å². The van der Waals surface area contributed by atoms with Crippen molar-refractivity contribution in [1.82, 2.24) is 56.8 Å². The van der Waals surface area contributed by atoms with Crippen LogP contribution >= 0.6 is 0 Å². The highest BCUT2D eigenvalue weighted by Gasteiger charge is 2.44. The minimum atomic E-state index is -1.58. The summed E-state index contributed by atoms with van der Waals surface area (Å²) in [4.78, 5) is 175. The van der Waals surface area contributed by atoms with Crippen molar-refractivity contribution in [2.24, 2.45) is 23.5 Å². The van der Waals surface area contributed by atoms with Crippen LogP contribution in [-0.4, -0.2) is 206 Å². The van der Waals surface area contributed by atoms with E-state index in [2.05, 4.69) is 37.2 Å². The Labute approximate surface area is 461 Å². The number of nitrogens with two attached hydrogens (primary N) is 1. The van der Waals surface area contributed by atoms with Crippen LogP contribution in [-0.2, 0) is 62.3 Å². The smallest absolute Gasteiger partial charge is 0.326 e. The van der Waals surface area contributed by atoms with Crippen LogP contribution in [0.1, 0.15) is 134 Å². The van der Waals surface area contributed by atoms with Crippen molar-refractivity contribution in [1.29, 1.82) is 0 Å². The molecule has 0 spiro atoms. The Morgan fingerprint density at radius 2 is 1.14 bits per heavy atom. The molecular formula is C52H86N12O15. The number of amides is 11. The second-order valence-electron chi connectivity index (χ2n) is 22.4. The van der Waals surface area contributed by atoms with E-state index in [0.29, 0.717) is 57.9 Å². The number of carbonyl (C=O) groups excluding carboxylic acids is 11. The number of aliphatic carboxylic acids is 2. The second-order valence-corrected chi connectivity index (χ2v) is 22.4. The number of carboxylic acids is 2. The van der Waals surface area contributed by atoms with Gasteiger partial charge in [0.05, 0.1) is 19.0 Å². The molecule has 0 aromatic heterocycles. The highest BCUT2D eigenvalue weighted by atomic mass is 16.4. The lowest BCUT2D eigenvalue weighted by atomic mass is 9.99. The van der Waals surface area contributed by atoms with E-state index in [1.807, 2.05) is 0 Å². The van der Waals surface area contributed by atoms with E-state index in [-0.39, 0.29) is 31.0 Å². The molecule has 27 nitrogen and oxygen atoms in total. The van der Waals surface area contributed by atoms with Gasteiger partial charge >= 0.3 is 11.9 Å². The molecule has 0 aromatic rings. The van der Waals surface area contributed by atoms with Gasteiger partial charge in [-0.05, 0) is 105 Å². The Morgan fingerprint density at radius 3 is 1.72 bits per heavy atom. The third-order valence-corrected chi connectivity index (χ3v) is 14.7. The first-order valence-electron chi connectivity index (χ1n) is 27.2. The third-order valence-electron chi connectivity index (χ3n) is 14.7. The molecule has 0 radical (unpaired) electrons. The number of likely N-dealkylation sites (N-methyl/N-ethyl adjacent to an activating group) is 1. The quantitative estimate of drug-likeness (QED) is 0.0422. The Balaban J connectivity index is 1.47. The van der Waals surface area contributed by atoms with Crippen molar-refractivity contribution in [3.05, 3.63) is 0 Å². The molecule has 3 fully saturated rings. The molecule has 3 aliphatic heterocycles. The summed E-state index contributed by atoms with van der Waals surface area (Å²) in [7, 11) is 1.40. The van der Waals surface area contributed by atoms with Gasteiger partial charge in [-0.3, -0.25) is 57.5 Å². The maximum absolute atomic E-state index is 13.9. The van der Waals surface area contributed by atoms with E-state index in [4.69, 9.17) is 10.8 Å². The molecule has 3 aliphatic rings. The number of carbonyl (C=O) groups is 13. The Hall–Kier alpha value is -6.93. The van der Waals surface area contributed by atoms with Gasteiger partial charge in [-0.25, -0.2) is 4.79 Å². The van der Waals surface area contributed by atoms with E-state index in [1.54, 1.807) is 39.5 Å². The van der Waals surface area contributed by atoms with Crippen LogP contribution < -0.4 is 43.0 Å². The molecule has 11 N–H and O–H groups in total. The van der Waals surface area contributed by atoms with Crippen LogP contribution in [0.3, 0.4) is 0 Å². The fourth-order valence-corrected chi connectivity index (χ4v) is 9.91. The second kappa shape index (κ2) is 29.3. The van der Waals surface area contributed by atoms with E-state index in [0.717, 1.165) is 4.90 Å². The summed E-state index contributed by atoms with van der Waals surface area (Å²) in [6, 6.07) is -10.1. The first-order valence-corrected chi connectivity index (χ1v) is 27.2. The standard InChI is InChI=1S/C52H86N12O15/c1-26(2)39(49(76)64-23-15-18-36(64)48(75)61(12)40(27(3)4)50(77)78)59-43(70)29(6)56-46(73)35-17-14-22-63(35)37(65)25-54-41(68)28(5)19-20-33-16-13-21-62(33)47(74)32(9)57-42(69)30(7)58-51(79)52(10,11)60-44(71)31(8)55-45(72)34(53)24-38(66)67/h26-36,39-40H,13-25,53H2,1-12H3,(H,54,68)(H,55,72)(H,56,73)(H,57,69)(H,58,79)(H,59,70)(H,60,71)(H,66,67)(H,77,78)/t28-,29+,30+,31+,32+,33+,34-,35-,36+,39+,40+/m1/s1. The zero-order valence-electron chi connectivity index (χ0n) is 47.8. The fourth-order valence-electron chi connectivity index (χ4n) is 9.91. The predicted molar refractivity (Wildman–Crippen MR) is 284 cm³/mol. The topological polar surface area (TPSA) is 386 Å². The number of rotatable bonds is 27. The molecule has 3 heterocycles. The number of nitrogens with zero attached hydrogens (tertiary/aromatic N) is 4. The summed E-state index contributed by atoms with van der Waals surface area (Å²) in [5.74, 6) is -10.5. The maximum Gasteiger partial charge on any atom is 0.326 e. The Kier molecular flexibility index (Phi) is 24.6. The number of hydrogen-bond acceptors (Lipinski definition) is 14. The lowest BCUT2D eigenvalue weighted by molar-refractivity contribution is -0.154. The van der Waals surface area contributed by atoms with Crippen molar-refractivity contribution in [2.75, 3.05) is 33.2 Å². The van der Waals surface area contributed by atoms with Gasteiger partial charge in [-0.1, -0.05) is 34.6 Å². The van der Waals surface area contributed by atoms with Crippen LogP contribution in [0, 0.1) is 17.8 Å². The fraction of sp³-hybridized carbons (Fsp3) is 0.750. The molecule has 11 atom stereocenters. The molecule has 0 aliphatic carbocycles. The number of hydrogen-bond donors (Lipinski definition) is 10. The van der Waals surface area contributed by atoms with E-state index in [9.17, 15) is 67.4 Å². The summed E-state index contributed by atoms with van der Waals surface area (Å²) in [5.41, 5.74) is 3.96. The molecule has 0 bridgehead atoms. The van der Waals surface area contributed by atoms with Gasteiger partial charge in [-0.2, -0.15) is 0 Å². The lowest BCUT2D eigenvalue weighted by Crippen LogP contribution is -2.62. The molecule has 27 heteroatoms. The molecule has 3 rings (SSSR count). The SMILES string of the molecule is CC(C)[C@H](NC(=O)[C@H](C)NC(=O)[C@H]1CCCN1C(=O)CNC(=O)[C@H](C)CC[C@@H]1CCCN1C(=O)[C@H](C)NC(=O)[C@H](C)NC(=O)C(C)(C)NC(=O)[C@H](C)NC(=O)[C@H](N)CC(=O)O)C(=O)N1CCC[C@H]1C(=O)N(C)[C@H](C(=O)O)C(C)C. The van der Waals surface area contributed by atoms with Crippen molar-refractivity contribution >= 4 is 76.9 Å². The number of likely N-dealkylation sites (tertiary alicyclic amines) is 3. The summed E-state index contributed by atoms with van der Waals surface area (Å²) in [6.45, 7) is 17.4. The zero-order chi connectivity index (χ0) is 60.0. The molecule has 0 saturated carbocycles. The third kappa shape index (κ3) is 18.3. The van der Waals surface area contributed by atoms with Gasteiger partial charge in [-0.15, -0.1) is 0 Å². The summed E-state index contributed by atoms with van der Waals surface area (Å²) < 4.78 is 0. The van der Waals surface area contributed by atoms with Crippen LogP contribution in [0.15, 0.2) is 0 Å². The normalized spacial score (nSPS) is 20.3. The highest BCUT2D eigenvalue weighted by Crippen LogP contribution is 2.26. The molecule has 444 valence electrons. The zero-order valence-corrected chi connectivity index (χ0v) is 47.8. The van der Waals surface area contributed by atoms with Crippen LogP contribution in [0.25, 0.3) is 0 Å². The minimum Gasteiger partial charge on any atom is -0.481 e. The van der Waals surface area contributed by atoms with Crippen LogP contribution in [0.5, 0.6) is 0 Å². The van der Waals surface area contributed by atoms with Crippen LogP contribution in [0.4, 0.5) is 0 Å². The highest BCUT2D eigenvalue weighted by molar-refractivity contribution is 5.99. The van der Waals surface area contributed by atoms with Gasteiger partial charge in [0, 0.05) is 38.6 Å². The van der Waals surface area contributed by atoms with Gasteiger partial charge in [0.1, 0.15) is 53.9 Å².